The lowest BCUT2D eigenvalue weighted by Gasteiger charge is -2.34. The second-order valence-corrected chi connectivity index (χ2v) is 6.14. The Kier molecular flexibility index (Phi) is 4.52. The number of benzene rings is 1. The number of rotatable bonds is 4. The molecule has 2 aliphatic rings. The Morgan fingerprint density at radius 3 is 2.70 bits per heavy atom. The molecular weight excluding hydrogens is 298 g/mol. The molecule has 0 spiro atoms. The van der Waals surface area contributed by atoms with E-state index in [9.17, 15) is 14.7 Å². The van der Waals surface area contributed by atoms with E-state index < -0.39 is 11.4 Å². The van der Waals surface area contributed by atoms with Crippen LogP contribution in [0.5, 0.6) is 5.75 Å². The molecule has 6 nitrogen and oxygen atoms in total. The molecular formula is C17H21NO5. The van der Waals surface area contributed by atoms with Crippen LogP contribution in [-0.2, 0) is 14.3 Å². The van der Waals surface area contributed by atoms with Gasteiger partial charge in [0.1, 0.15) is 5.75 Å². The maximum atomic E-state index is 12.6. The van der Waals surface area contributed by atoms with Crippen LogP contribution in [-0.4, -0.2) is 43.3 Å². The molecule has 3 rings (SSSR count). The van der Waals surface area contributed by atoms with Crippen molar-refractivity contribution in [2.75, 3.05) is 26.4 Å². The third-order valence-corrected chi connectivity index (χ3v) is 4.78. The fourth-order valence-corrected chi connectivity index (χ4v) is 3.22. The minimum atomic E-state index is -0.918. The van der Waals surface area contributed by atoms with Gasteiger partial charge in [-0.3, -0.25) is 9.59 Å². The predicted octanol–water partition coefficient (Wildman–Crippen LogP) is 1.55. The first-order chi connectivity index (χ1) is 11.1. The number of hydrogen-bond donors (Lipinski definition) is 2. The van der Waals surface area contributed by atoms with Crippen molar-refractivity contribution in [2.45, 2.75) is 25.2 Å². The summed E-state index contributed by atoms with van der Waals surface area (Å²) in [7, 11) is 0. The number of amides is 1. The van der Waals surface area contributed by atoms with Crippen LogP contribution in [0.2, 0.25) is 0 Å². The third kappa shape index (κ3) is 3.17. The average molecular weight is 319 g/mol. The molecule has 0 aliphatic carbocycles. The first kappa shape index (κ1) is 15.8. The fraction of sp³-hybridized carbons (Fsp3) is 0.529. The van der Waals surface area contributed by atoms with Crippen LogP contribution in [0, 0.1) is 5.41 Å². The van der Waals surface area contributed by atoms with Gasteiger partial charge in [-0.05, 0) is 25.3 Å². The number of hydrogen-bond acceptors (Lipinski definition) is 4. The molecule has 2 aliphatic heterocycles. The standard InChI is InChI=1S/C17H21NO5/c19-15(13-5-8-23-14-4-2-1-3-12(13)14)18-11-17(16(20)21)6-9-22-10-7-17/h1-4,13H,5-11H2,(H,18,19)(H,20,21). The zero-order valence-corrected chi connectivity index (χ0v) is 12.9. The highest BCUT2D eigenvalue weighted by atomic mass is 16.5. The van der Waals surface area contributed by atoms with Crippen molar-refractivity contribution >= 4 is 11.9 Å². The van der Waals surface area contributed by atoms with Gasteiger partial charge in [0.2, 0.25) is 5.91 Å². The van der Waals surface area contributed by atoms with Gasteiger partial charge in [0, 0.05) is 25.3 Å². The fourth-order valence-electron chi connectivity index (χ4n) is 3.22. The quantitative estimate of drug-likeness (QED) is 0.879. The number of carboxylic acid groups (broad SMARTS) is 1. The van der Waals surface area contributed by atoms with Crippen molar-refractivity contribution in [1.29, 1.82) is 0 Å². The van der Waals surface area contributed by atoms with Crippen molar-refractivity contribution < 1.29 is 24.2 Å². The van der Waals surface area contributed by atoms with Crippen LogP contribution in [0.1, 0.15) is 30.7 Å². The lowest BCUT2D eigenvalue weighted by molar-refractivity contribution is -0.154. The Balaban J connectivity index is 1.69. The summed E-state index contributed by atoms with van der Waals surface area (Å²) in [6.45, 7) is 1.47. The zero-order valence-electron chi connectivity index (χ0n) is 12.9. The maximum Gasteiger partial charge on any atom is 0.311 e. The van der Waals surface area contributed by atoms with Gasteiger partial charge in [0.15, 0.2) is 0 Å². The van der Waals surface area contributed by atoms with Crippen molar-refractivity contribution in [3.05, 3.63) is 29.8 Å². The molecule has 2 N–H and O–H groups in total. The monoisotopic (exact) mass is 319 g/mol. The summed E-state index contributed by atoms with van der Waals surface area (Å²) in [5, 5.41) is 12.4. The van der Waals surface area contributed by atoms with Crippen LogP contribution in [0.25, 0.3) is 0 Å². The lowest BCUT2D eigenvalue weighted by atomic mass is 9.80. The number of aliphatic carboxylic acids is 1. The summed E-state index contributed by atoms with van der Waals surface area (Å²) in [6.07, 6.45) is 1.45. The van der Waals surface area contributed by atoms with E-state index in [2.05, 4.69) is 5.32 Å². The lowest BCUT2D eigenvalue weighted by Crippen LogP contribution is -2.47. The molecule has 0 radical (unpaired) electrons. The van der Waals surface area contributed by atoms with Gasteiger partial charge in [-0.2, -0.15) is 0 Å². The summed E-state index contributed by atoms with van der Waals surface area (Å²) in [5.41, 5.74) is -0.0499. The Hall–Kier alpha value is -2.08. The largest absolute Gasteiger partial charge is 0.493 e. The molecule has 0 bridgehead atoms. The molecule has 1 aromatic carbocycles. The number of para-hydroxylation sites is 1. The average Bonchev–Trinajstić information content (AvgIpc) is 2.60. The molecule has 1 saturated heterocycles. The summed E-state index contributed by atoms with van der Waals surface area (Å²) in [5.74, 6) is -0.551. The van der Waals surface area contributed by atoms with Crippen molar-refractivity contribution in [1.82, 2.24) is 5.32 Å². The molecule has 2 heterocycles. The summed E-state index contributed by atoms with van der Waals surface area (Å²) >= 11 is 0. The highest BCUT2D eigenvalue weighted by Gasteiger charge is 2.41. The minimum absolute atomic E-state index is 0.132. The summed E-state index contributed by atoms with van der Waals surface area (Å²) in [6, 6.07) is 7.50. The van der Waals surface area contributed by atoms with E-state index in [-0.39, 0.29) is 18.4 Å². The smallest absolute Gasteiger partial charge is 0.311 e. The first-order valence-corrected chi connectivity index (χ1v) is 7.93. The number of carbonyl (C=O) groups is 2. The van der Waals surface area contributed by atoms with Gasteiger partial charge < -0.3 is 19.9 Å². The Bertz CT molecular complexity index is 594. The van der Waals surface area contributed by atoms with Crippen molar-refractivity contribution in [3.63, 3.8) is 0 Å². The van der Waals surface area contributed by atoms with E-state index in [1.54, 1.807) is 0 Å². The highest BCUT2D eigenvalue weighted by molar-refractivity contribution is 5.85. The SMILES string of the molecule is O=C(NCC1(C(=O)O)CCOCC1)C1CCOc2ccccc21. The normalized spacial score (nSPS) is 22.5. The first-order valence-electron chi connectivity index (χ1n) is 7.93. The van der Waals surface area contributed by atoms with E-state index in [0.717, 1.165) is 11.3 Å². The van der Waals surface area contributed by atoms with Gasteiger partial charge in [-0.25, -0.2) is 0 Å². The molecule has 1 fully saturated rings. The summed E-state index contributed by atoms with van der Waals surface area (Å²) < 4.78 is 10.8. The topological polar surface area (TPSA) is 84.9 Å². The Morgan fingerprint density at radius 2 is 1.96 bits per heavy atom. The number of ether oxygens (including phenoxy) is 2. The van der Waals surface area contributed by atoms with Crippen LogP contribution in [0.3, 0.4) is 0 Å². The third-order valence-electron chi connectivity index (χ3n) is 4.78. The van der Waals surface area contributed by atoms with E-state index >= 15 is 0 Å². The van der Waals surface area contributed by atoms with E-state index in [0.29, 0.717) is 39.1 Å². The van der Waals surface area contributed by atoms with Crippen molar-refractivity contribution in [3.8, 4) is 5.75 Å². The van der Waals surface area contributed by atoms with Gasteiger partial charge >= 0.3 is 5.97 Å². The molecule has 0 aromatic heterocycles. The second-order valence-electron chi connectivity index (χ2n) is 6.14. The number of fused-ring (bicyclic) bond motifs is 1. The predicted molar refractivity (Wildman–Crippen MR) is 82.4 cm³/mol. The highest BCUT2D eigenvalue weighted by Crippen LogP contribution is 2.34. The molecule has 1 aromatic rings. The molecule has 124 valence electrons. The Morgan fingerprint density at radius 1 is 1.22 bits per heavy atom. The van der Waals surface area contributed by atoms with E-state index in [1.165, 1.54) is 0 Å². The number of nitrogens with one attached hydrogen (secondary N) is 1. The second kappa shape index (κ2) is 6.58. The molecule has 0 saturated carbocycles. The number of carbonyl (C=O) groups excluding carboxylic acids is 1. The molecule has 1 amide bonds. The van der Waals surface area contributed by atoms with Crippen LogP contribution in [0.15, 0.2) is 24.3 Å². The van der Waals surface area contributed by atoms with Gasteiger partial charge in [-0.1, -0.05) is 18.2 Å². The van der Waals surface area contributed by atoms with Crippen molar-refractivity contribution in [2.24, 2.45) is 5.41 Å². The summed E-state index contributed by atoms with van der Waals surface area (Å²) in [4.78, 5) is 24.2. The molecule has 6 heteroatoms. The van der Waals surface area contributed by atoms with E-state index in [1.807, 2.05) is 24.3 Å². The van der Waals surface area contributed by atoms with E-state index in [4.69, 9.17) is 9.47 Å². The van der Waals surface area contributed by atoms with Gasteiger partial charge in [-0.15, -0.1) is 0 Å². The number of carboxylic acids is 1. The minimum Gasteiger partial charge on any atom is -0.493 e. The molecule has 1 atom stereocenters. The maximum absolute atomic E-state index is 12.6. The van der Waals surface area contributed by atoms with Gasteiger partial charge in [0.05, 0.1) is 17.9 Å². The Labute approximate surface area is 134 Å². The zero-order chi connectivity index (χ0) is 16.3. The van der Waals surface area contributed by atoms with Crippen LogP contribution >= 0.6 is 0 Å². The van der Waals surface area contributed by atoms with Crippen LogP contribution < -0.4 is 10.1 Å². The van der Waals surface area contributed by atoms with Crippen LogP contribution in [0.4, 0.5) is 0 Å². The van der Waals surface area contributed by atoms with Gasteiger partial charge in [0.25, 0.3) is 0 Å². The molecule has 1 unspecified atom stereocenters. The molecule has 23 heavy (non-hydrogen) atoms.